The number of methoxy groups -OCH3 is 1. The Balaban J connectivity index is 0.00000180. The van der Waals surface area contributed by atoms with Gasteiger partial charge in [0.2, 0.25) is 0 Å². The SMILES string of the molecule is COCCOCCn1cncc1C1=CCC(N)C1.Cl.Cl. The molecule has 20 heavy (non-hydrogen) atoms. The van der Waals surface area contributed by atoms with Crippen LogP contribution in [0.4, 0.5) is 0 Å². The lowest BCUT2D eigenvalue weighted by atomic mass is 10.1. The van der Waals surface area contributed by atoms with E-state index >= 15 is 0 Å². The molecule has 116 valence electrons. The lowest BCUT2D eigenvalue weighted by molar-refractivity contribution is 0.0665. The third kappa shape index (κ3) is 5.42. The van der Waals surface area contributed by atoms with E-state index in [-0.39, 0.29) is 30.9 Å². The van der Waals surface area contributed by atoms with Gasteiger partial charge in [0.15, 0.2) is 0 Å². The van der Waals surface area contributed by atoms with Gasteiger partial charge in [0.1, 0.15) is 0 Å². The smallest absolute Gasteiger partial charge is 0.0951 e. The Bertz CT molecular complexity index is 410. The van der Waals surface area contributed by atoms with Gasteiger partial charge < -0.3 is 19.8 Å². The zero-order chi connectivity index (χ0) is 12.8. The summed E-state index contributed by atoms with van der Waals surface area (Å²) in [5.41, 5.74) is 8.38. The molecule has 0 saturated carbocycles. The van der Waals surface area contributed by atoms with E-state index < -0.39 is 0 Å². The van der Waals surface area contributed by atoms with Crippen LogP contribution in [0.1, 0.15) is 18.5 Å². The molecule has 0 aliphatic heterocycles. The molecule has 1 heterocycles. The summed E-state index contributed by atoms with van der Waals surface area (Å²) in [7, 11) is 1.67. The fourth-order valence-corrected chi connectivity index (χ4v) is 2.13. The molecule has 0 bridgehead atoms. The van der Waals surface area contributed by atoms with Crippen LogP contribution in [0.5, 0.6) is 0 Å². The van der Waals surface area contributed by atoms with Crippen molar-refractivity contribution in [1.29, 1.82) is 0 Å². The largest absolute Gasteiger partial charge is 0.382 e. The highest BCUT2D eigenvalue weighted by Crippen LogP contribution is 2.26. The molecule has 7 heteroatoms. The van der Waals surface area contributed by atoms with Crippen LogP contribution in [0.25, 0.3) is 5.57 Å². The average Bonchev–Trinajstić information content (AvgIpc) is 2.97. The highest BCUT2D eigenvalue weighted by atomic mass is 35.5. The summed E-state index contributed by atoms with van der Waals surface area (Å²) in [6.07, 6.45) is 7.86. The van der Waals surface area contributed by atoms with Crippen molar-refractivity contribution in [3.05, 3.63) is 24.3 Å². The van der Waals surface area contributed by atoms with E-state index in [1.807, 2.05) is 12.5 Å². The maximum absolute atomic E-state index is 5.92. The highest BCUT2D eigenvalue weighted by molar-refractivity contribution is 5.85. The van der Waals surface area contributed by atoms with E-state index in [9.17, 15) is 0 Å². The second kappa shape index (κ2) is 10.2. The minimum Gasteiger partial charge on any atom is -0.382 e. The van der Waals surface area contributed by atoms with E-state index in [0.717, 1.165) is 19.4 Å². The van der Waals surface area contributed by atoms with Crippen molar-refractivity contribution in [2.24, 2.45) is 5.73 Å². The van der Waals surface area contributed by atoms with Crippen LogP contribution in [-0.2, 0) is 16.0 Å². The minimum absolute atomic E-state index is 0. The van der Waals surface area contributed by atoms with Crippen molar-refractivity contribution in [3.8, 4) is 0 Å². The molecule has 0 aromatic carbocycles. The first-order chi connectivity index (χ1) is 8.81. The van der Waals surface area contributed by atoms with Gasteiger partial charge in [0.25, 0.3) is 0 Å². The number of aromatic nitrogens is 2. The van der Waals surface area contributed by atoms with Crippen LogP contribution >= 0.6 is 24.8 Å². The van der Waals surface area contributed by atoms with Gasteiger partial charge in [-0.15, -0.1) is 24.8 Å². The standard InChI is InChI=1S/C13H21N3O2.2ClH/c1-17-6-7-18-5-4-16-10-15-9-13(16)11-2-3-12(14)8-11;;/h2,9-10,12H,3-8,14H2,1H3;2*1H. The summed E-state index contributed by atoms with van der Waals surface area (Å²) < 4.78 is 12.5. The molecule has 1 aliphatic carbocycles. The lowest BCUT2D eigenvalue weighted by Gasteiger charge is -2.10. The van der Waals surface area contributed by atoms with E-state index in [2.05, 4.69) is 15.6 Å². The summed E-state index contributed by atoms with van der Waals surface area (Å²) in [5, 5.41) is 0. The molecule has 2 rings (SSSR count). The summed E-state index contributed by atoms with van der Waals surface area (Å²) in [4.78, 5) is 4.21. The normalized spacial score (nSPS) is 17.3. The van der Waals surface area contributed by atoms with Crippen LogP contribution in [0, 0.1) is 0 Å². The Hall–Kier alpha value is -0.590. The van der Waals surface area contributed by atoms with Crippen LogP contribution in [0.3, 0.4) is 0 Å². The molecule has 0 saturated heterocycles. The first kappa shape index (κ1) is 19.4. The van der Waals surface area contributed by atoms with E-state index in [1.165, 1.54) is 11.3 Å². The topological polar surface area (TPSA) is 62.3 Å². The summed E-state index contributed by atoms with van der Waals surface area (Å²) in [6.45, 7) is 2.75. The zero-order valence-electron chi connectivity index (χ0n) is 11.7. The van der Waals surface area contributed by atoms with Crippen LogP contribution < -0.4 is 5.73 Å². The zero-order valence-corrected chi connectivity index (χ0v) is 13.3. The highest BCUT2D eigenvalue weighted by Gasteiger charge is 2.17. The maximum atomic E-state index is 5.92. The van der Waals surface area contributed by atoms with Gasteiger partial charge in [0, 0.05) is 19.7 Å². The first-order valence-corrected chi connectivity index (χ1v) is 6.33. The van der Waals surface area contributed by atoms with E-state index in [0.29, 0.717) is 19.8 Å². The van der Waals surface area contributed by atoms with Crippen molar-refractivity contribution in [2.45, 2.75) is 25.4 Å². The fourth-order valence-electron chi connectivity index (χ4n) is 2.13. The van der Waals surface area contributed by atoms with Crippen molar-refractivity contribution >= 4 is 30.4 Å². The van der Waals surface area contributed by atoms with Gasteiger partial charge >= 0.3 is 0 Å². The Labute approximate surface area is 132 Å². The summed E-state index contributed by atoms with van der Waals surface area (Å²) in [6, 6.07) is 0.265. The quantitative estimate of drug-likeness (QED) is 0.778. The van der Waals surface area contributed by atoms with Crippen LogP contribution in [-0.4, -0.2) is 42.5 Å². The third-order valence-corrected chi connectivity index (χ3v) is 3.10. The Morgan fingerprint density at radius 2 is 2.15 bits per heavy atom. The molecule has 0 spiro atoms. The number of halogens is 2. The van der Waals surface area contributed by atoms with Gasteiger partial charge in [-0.25, -0.2) is 4.98 Å². The molecule has 1 atom stereocenters. The molecule has 1 unspecified atom stereocenters. The predicted octanol–water partition coefficient (Wildman–Crippen LogP) is 1.89. The number of nitrogens with zero attached hydrogens (tertiary/aromatic N) is 2. The number of ether oxygens (including phenoxy) is 2. The second-order valence-electron chi connectivity index (χ2n) is 4.51. The molecule has 0 amide bonds. The molecule has 1 aromatic heterocycles. The maximum Gasteiger partial charge on any atom is 0.0951 e. The molecular formula is C13H23Cl2N3O2. The second-order valence-corrected chi connectivity index (χ2v) is 4.51. The van der Waals surface area contributed by atoms with Crippen molar-refractivity contribution in [3.63, 3.8) is 0 Å². The summed E-state index contributed by atoms with van der Waals surface area (Å²) in [5.74, 6) is 0. The molecular weight excluding hydrogens is 301 g/mol. The monoisotopic (exact) mass is 323 g/mol. The van der Waals surface area contributed by atoms with Crippen LogP contribution in [0.2, 0.25) is 0 Å². The van der Waals surface area contributed by atoms with Gasteiger partial charge in [-0.05, 0) is 18.4 Å². The van der Waals surface area contributed by atoms with Gasteiger partial charge in [-0.3, -0.25) is 0 Å². The Morgan fingerprint density at radius 3 is 2.80 bits per heavy atom. The predicted molar refractivity (Wildman–Crippen MR) is 84.6 cm³/mol. The first-order valence-electron chi connectivity index (χ1n) is 6.33. The number of nitrogens with two attached hydrogens (primary N) is 1. The minimum atomic E-state index is 0. The summed E-state index contributed by atoms with van der Waals surface area (Å²) >= 11 is 0. The molecule has 1 aliphatic rings. The number of rotatable bonds is 7. The Kier molecular flexibility index (Phi) is 9.88. The molecule has 2 N–H and O–H groups in total. The third-order valence-electron chi connectivity index (χ3n) is 3.10. The number of hydrogen-bond acceptors (Lipinski definition) is 4. The lowest BCUT2D eigenvalue weighted by Crippen LogP contribution is -2.15. The van der Waals surface area contributed by atoms with Gasteiger partial charge in [-0.1, -0.05) is 6.08 Å². The van der Waals surface area contributed by atoms with E-state index in [4.69, 9.17) is 15.2 Å². The molecule has 5 nitrogen and oxygen atoms in total. The number of imidazole rings is 1. The number of hydrogen-bond donors (Lipinski definition) is 1. The Morgan fingerprint density at radius 1 is 1.35 bits per heavy atom. The molecule has 1 aromatic rings. The van der Waals surface area contributed by atoms with Gasteiger partial charge in [0.05, 0.1) is 38.0 Å². The van der Waals surface area contributed by atoms with Crippen molar-refractivity contribution < 1.29 is 9.47 Å². The van der Waals surface area contributed by atoms with Crippen molar-refractivity contribution in [2.75, 3.05) is 26.9 Å². The fraction of sp³-hybridized carbons (Fsp3) is 0.615. The average molecular weight is 324 g/mol. The molecule has 0 fully saturated rings. The van der Waals surface area contributed by atoms with Gasteiger partial charge in [-0.2, -0.15) is 0 Å². The van der Waals surface area contributed by atoms with E-state index in [1.54, 1.807) is 7.11 Å². The van der Waals surface area contributed by atoms with Crippen LogP contribution in [0.15, 0.2) is 18.6 Å². The molecule has 0 radical (unpaired) electrons. The van der Waals surface area contributed by atoms with Crippen molar-refractivity contribution in [1.82, 2.24) is 9.55 Å².